The first-order chi connectivity index (χ1) is 11.1. The highest BCUT2D eigenvalue weighted by Crippen LogP contribution is 2.15. The number of amides is 1. The fourth-order valence-corrected chi connectivity index (χ4v) is 2.15. The molecule has 2 N–H and O–H groups in total. The molecule has 1 amide bonds. The van der Waals surface area contributed by atoms with Crippen LogP contribution in [-0.2, 0) is 11.2 Å². The molecule has 4 heteroatoms. The molecular formula is C19H19NO3. The maximum Gasteiger partial charge on any atom is 0.255 e. The fraction of sp³-hybridized carbons (Fsp3) is 0.158. The van der Waals surface area contributed by atoms with E-state index in [2.05, 4.69) is 13.0 Å². The molecule has 0 fully saturated rings. The van der Waals surface area contributed by atoms with Crippen molar-refractivity contribution in [3.8, 4) is 5.75 Å². The summed E-state index contributed by atoms with van der Waals surface area (Å²) in [6.45, 7) is 1.90. The molecule has 118 valence electrons. The second kappa shape index (κ2) is 7.94. The van der Waals surface area contributed by atoms with Crippen molar-refractivity contribution in [3.63, 3.8) is 0 Å². The lowest BCUT2D eigenvalue weighted by molar-refractivity contribution is -0.119. The molecule has 0 aliphatic carbocycles. The summed E-state index contributed by atoms with van der Waals surface area (Å²) in [5.74, 6) is -0.124. The van der Waals surface area contributed by atoms with Gasteiger partial charge in [-0.2, -0.15) is 0 Å². The molecule has 0 aliphatic rings. The van der Waals surface area contributed by atoms with Crippen LogP contribution in [0.1, 0.15) is 28.4 Å². The average molecular weight is 309 g/mol. The minimum atomic E-state index is -0.539. The lowest BCUT2D eigenvalue weighted by atomic mass is 10.0. The van der Waals surface area contributed by atoms with Gasteiger partial charge in [0.15, 0.2) is 12.4 Å². The average Bonchev–Trinajstić information content (AvgIpc) is 2.58. The van der Waals surface area contributed by atoms with E-state index in [1.54, 1.807) is 30.3 Å². The van der Waals surface area contributed by atoms with Gasteiger partial charge in [0.2, 0.25) is 0 Å². The van der Waals surface area contributed by atoms with E-state index in [0.717, 1.165) is 12.0 Å². The zero-order chi connectivity index (χ0) is 16.7. The molecule has 0 spiro atoms. The van der Waals surface area contributed by atoms with Gasteiger partial charge in [-0.3, -0.25) is 9.59 Å². The predicted molar refractivity (Wildman–Crippen MR) is 90.3 cm³/mol. The Hall–Kier alpha value is -2.88. The summed E-state index contributed by atoms with van der Waals surface area (Å²) in [7, 11) is 0. The third kappa shape index (κ3) is 4.81. The fourth-order valence-electron chi connectivity index (χ4n) is 2.15. The standard InChI is InChI=1S/C19H19NO3/c1-2-14-5-3-4-6-15(14)9-12-18(21)16-7-10-17(11-8-16)23-13-19(20)22/h3-12H,2,13H2,1H3,(H2,20,22)/b12-9+. The smallest absolute Gasteiger partial charge is 0.255 e. The number of primary amides is 1. The summed E-state index contributed by atoms with van der Waals surface area (Å²) in [6.07, 6.45) is 4.31. The van der Waals surface area contributed by atoms with Crippen molar-refractivity contribution in [3.05, 3.63) is 71.3 Å². The number of carbonyl (C=O) groups excluding carboxylic acids is 2. The topological polar surface area (TPSA) is 69.4 Å². The summed E-state index contributed by atoms with van der Waals surface area (Å²) < 4.78 is 5.16. The SMILES string of the molecule is CCc1ccccc1/C=C/C(=O)c1ccc(OCC(N)=O)cc1. The minimum absolute atomic E-state index is 0.0858. The zero-order valence-electron chi connectivity index (χ0n) is 13.0. The second-order valence-electron chi connectivity index (χ2n) is 5.03. The molecule has 4 nitrogen and oxygen atoms in total. The first-order valence-electron chi connectivity index (χ1n) is 7.41. The number of hydrogen-bond acceptors (Lipinski definition) is 3. The van der Waals surface area contributed by atoms with Crippen LogP contribution >= 0.6 is 0 Å². The van der Waals surface area contributed by atoms with Crippen LogP contribution in [0.2, 0.25) is 0 Å². The lowest BCUT2D eigenvalue weighted by Crippen LogP contribution is -2.19. The highest BCUT2D eigenvalue weighted by atomic mass is 16.5. The van der Waals surface area contributed by atoms with Gasteiger partial charge in [0.05, 0.1) is 0 Å². The number of allylic oxidation sites excluding steroid dienone is 1. The van der Waals surface area contributed by atoms with Gasteiger partial charge in [0.1, 0.15) is 5.75 Å². The van der Waals surface area contributed by atoms with E-state index in [0.29, 0.717) is 11.3 Å². The van der Waals surface area contributed by atoms with Gasteiger partial charge in [0.25, 0.3) is 5.91 Å². The molecule has 0 aliphatic heterocycles. The van der Waals surface area contributed by atoms with E-state index in [4.69, 9.17) is 10.5 Å². The minimum Gasteiger partial charge on any atom is -0.484 e. The van der Waals surface area contributed by atoms with Crippen LogP contribution in [0.4, 0.5) is 0 Å². The first kappa shape index (κ1) is 16.5. The van der Waals surface area contributed by atoms with Crippen LogP contribution < -0.4 is 10.5 Å². The largest absolute Gasteiger partial charge is 0.484 e. The van der Waals surface area contributed by atoms with Crippen molar-refractivity contribution in [2.45, 2.75) is 13.3 Å². The van der Waals surface area contributed by atoms with Gasteiger partial charge in [0, 0.05) is 5.56 Å². The van der Waals surface area contributed by atoms with E-state index in [1.165, 1.54) is 5.56 Å². The molecule has 2 aromatic rings. The zero-order valence-corrected chi connectivity index (χ0v) is 13.0. The molecular weight excluding hydrogens is 290 g/mol. The van der Waals surface area contributed by atoms with E-state index in [9.17, 15) is 9.59 Å². The quantitative estimate of drug-likeness (QED) is 0.631. The van der Waals surface area contributed by atoms with E-state index >= 15 is 0 Å². The van der Waals surface area contributed by atoms with Crippen molar-refractivity contribution < 1.29 is 14.3 Å². The van der Waals surface area contributed by atoms with Crippen LogP contribution in [0.3, 0.4) is 0 Å². The third-order valence-electron chi connectivity index (χ3n) is 3.37. The van der Waals surface area contributed by atoms with E-state index in [-0.39, 0.29) is 12.4 Å². The number of benzene rings is 2. The highest BCUT2D eigenvalue weighted by Gasteiger charge is 2.04. The molecule has 0 aromatic heterocycles. The van der Waals surface area contributed by atoms with Gasteiger partial charge in [-0.15, -0.1) is 0 Å². The maximum atomic E-state index is 12.2. The summed E-state index contributed by atoms with van der Waals surface area (Å²) in [5, 5.41) is 0. The number of carbonyl (C=O) groups is 2. The first-order valence-corrected chi connectivity index (χ1v) is 7.41. The van der Waals surface area contributed by atoms with Crippen LogP contribution in [-0.4, -0.2) is 18.3 Å². The van der Waals surface area contributed by atoms with Crippen molar-refractivity contribution in [1.29, 1.82) is 0 Å². The lowest BCUT2D eigenvalue weighted by Gasteiger charge is -2.04. The summed E-state index contributed by atoms with van der Waals surface area (Å²) >= 11 is 0. The number of aryl methyl sites for hydroxylation is 1. The Morgan fingerprint density at radius 1 is 1.09 bits per heavy atom. The molecule has 2 rings (SSSR count). The molecule has 0 atom stereocenters. The van der Waals surface area contributed by atoms with Crippen LogP contribution in [0.15, 0.2) is 54.6 Å². The van der Waals surface area contributed by atoms with Crippen molar-refractivity contribution in [2.75, 3.05) is 6.61 Å². The van der Waals surface area contributed by atoms with Crippen LogP contribution in [0.25, 0.3) is 6.08 Å². The van der Waals surface area contributed by atoms with Crippen molar-refractivity contribution in [1.82, 2.24) is 0 Å². The number of nitrogens with two attached hydrogens (primary N) is 1. The summed E-state index contributed by atoms with van der Waals surface area (Å²) in [6, 6.07) is 14.6. The second-order valence-corrected chi connectivity index (χ2v) is 5.03. The number of rotatable bonds is 7. The van der Waals surface area contributed by atoms with Crippen molar-refractivity contribution >= 4 is 17.8 Å². The van der Waals surface area contributed by atoms with Gasteiger partial charge >= 0.3 is 0 Å². The van der Waals surface area contributed by atoms with Crippen LogP contribution in [0.5, 0.6) is 5.75 Å². The Kier molecular flexibility index (Phi) is 5.69. The maximum absolute atomic E-state index is 12.2. The predicted octanol–water partition coefficient (Wildman–Crippen LogP) is 3.01. The van der Waals surface area contributed by atoms with Gasteiger partial charge in [-0.25, -0.2) is 0 Å². The molecule has 0 saturated carbocycles. The Bertz CT molecular complexity index is 718. The molecule has 0 bridgehead atoms. The third-order valence-corrected chi connectivity index (χ3v) is 3.37. The monoisotopic (exact) mass is 309 g/mol. The van der Waals surface area contributed by atoms with Crippen LogP contribution in [0, 0.1) is 0 Å². The number of ketones is 1. The molecule has 0 heterocycles. The molecule has 23 heavy (non-hydrogen) atoms. The molecule has 0 unspecified atom stereocenters. The van der Waals surface area contributed by atoms with E-state index in [1.807, 2.05) is 24.3 Å². The van der Waals surface area contributed by atoms with Crippen molar-refractivity contribution in [2.24, 2.45) is 5.73 Å². The Morgan fingerprint density at radius 2 is 1.78 bits per heavy atom. The Balaban J connectivity index is 2.05. The molecule has 0 saturated heterocycles. The Labute approximate surface area is 135 Å². The normalized spacial score (nSPS) is 10.7. The van der Waals surface area contributed by atoms with Gasteiger partial charge in [-0.1, -0.05) is 37.3 Å². The van der Waals surface area contributed by atoms with Gasteiger partial charge < -0.3 is 10.5 Å². The highest BCUT2D eigenvalue weighted by molar-refractivity contribution is 6.06. The summed E-state index contributed by atoms with van der Waals surface area (Å²) in [4.78, 5) is 22.8. The number of ether oxygens (including phenoxy) is 1. The van der Waals surface area contributed by atoms with E-state index < -0.39 is 5.91 Å². The number of hydrogen-bond donors (Lipinski definition) is 1. The molecule has 0 radical (unpaired) electrons. The Morgan fingerprint density at radius 3 is 2.43 bits per heavy atom. The summed E-state index contributed by atoms with van der Waals surface area (Å²) in [5.41, 5.74) is 7.81. The molecule has 2 aromatic carbocycles. The van der Waals surface area contributed by atoms with Gasteiger partial charge in [-0.05, 0) is 47.9 Å².